The Morgan fingerprint density at radius 2 is 2.00 bits per heavy atom. The van der Waals surface area contributed by atoms with Crippen LogP contribution in [0.5, 0.6) is 0 Å². The van der Waals surface area contributed by atoms with Crippen LogP contribution in [-0.4, -0.2) is 34.0 Å². The number of amides is 1. The number of nitrogens with zero attached hydrogens (tertiary/aromatic N) is 2. The highest BCUT2D eigenvalue weighted by atomic mass is 16.4. The zero-order valence-electron chi connectivity index (χ0n) is 11.4. The summed E-state index contributed by atoms with van der Waals surface area (Å²) >= 11 is 0. The van der Waals surface area contributed by atoms with Gasteiger partial charge in [0.2, 0.25) is 5.91 Å². The molecule has 0 spiro atoms. The highest BCUT2D eigenvalue weighted by Crippen LogP contribution is 2.31. The first-order valence-corrected chi connectivity index (χ1v) is 6.61. The van der Waals surface area contributed by atoms with E-state index in [0.29, 0.717) is 22.4 Å². The number of carbonyl (C=O) groups is 2. The molecule has 0 unspecified atom stereocenters. The second kappa shape index (κ2) is 5.01. The molecule has 2 aromatic heterocycles. The molecule has 0 radical (unpaired) electrons. The predicted octanol–water partition coefficient (Wildman–Crippen LogP) is 1.72. The van der Waals surface area contributed by atoms with E-state index < -0.39 is 5.97 Å². The van der Waals surface area contributed by atoms with Gasteiger partial charge < -0.3 is 15.7 Å². The summed E-state index contributed by atoms with van der Waals surface area (Å²) in [4.78, 5) is 31.3. The molecule has 1 amide bonds. The standard InChI is InChI=1S/C14H14N4O3/c1-15-12-9-5-16-11(18-13(19)7-2-3-7)4-8(9)10(6-17-12)14(20)21/h4-7H,2-3H2,1H3,(H,15,17)(H,20,21)(H,16,18,19). The molecular weight excluding hydrogens is 272 g/mol. The number of carboxylic acids is 1. The number of fused-ring (bicyclic) bond motifs is 1. The van der Waals surface area contributed by atoms with Crippen LogP contribution in [0.25, 0.3) is 10.8 Å². The van der Waals surface area contributed by atoms with Crippen molar-refractivity contribution in [1.29, 1.82) is 0 Å². The van der Waals surface area contributed by atoms with Crippen molar-refractivity contribution in [3.05, 3.63) is 24.0 Å². The third kappa shape index (κ3) is 2.49. The summed E-state index contributed by atoms with van der Waals surface area (Å²) < 4.78 is 0. The quantitative estimate of drug-likeness (QED) is 0.790. The lowest BCUT2D eigenvalue weighted by Crippen LogP contribution is -2.14. The Hall–Kier alpha value is -2.70. The van der Waals surface area contributed by atoms with Crippen molar-refractivity contribution in [2.75, 3.05) is 17.7 Å². The van der Waals surface area contributed by atoms with E-state index in [1.165, 1.54) is 12.4 Å². The van der Waals surface area contributed by atoms with E-state index in [2.05, 4.69) is 20.6 Å². The van der Waals surface area contributed by atoms with E-state index in [1.807, 2.05) is 0 Å². The minimum Gasteiger partial charge on any atom is -0.478 e. The van der Waals surface area contributed by atoms with Crippen LogP contribution in [0.4, 0.5) is 11.6 Å². The number of aromatic carboxylic acids is 1. The molecule has 7 heteroatoms. The molecule has 0 saturated heterocycles. The summed E-state index contributed by atoms with van der Waals surface area (Å²) in [6, 6.07) is 1.57. The molecule has 1 aliphatic carbocycles. The maximum atomic E-state index is 11.8. The molecular formula is C14H14N4O3. The number of hydrogen-bond donors (Lipinski definition) is 3. The number of anilines is 2. The van der Waals surface area contributed by atoms with Crippen LogP contribution in [0.15, 0.2) is 18.5 Å². The molecule has 0 atom stereocenters. The summed E-state index contributed by atoms with van der Waals surface area (Å²) in [5.74, 6) is -0.174. The van der Waals surface area contributed by atoms with Gasteiger partial charge in [-0.05, 0) is 18.9 Å². The van der Waals surface area contributed by atoms with Gasteiger partial charge in [-0.1, -0.05) is 0 Å². The summed E-state index contributed by atoms with van der Waals surface area (Å²) in [6.07, 6.45) is 4.60. The van der Waals surface area contributed by atoms with Gasteiger partial charge in [-0.3, -0.25) is 4.79 Å². The zero-order chi connectivity index (χ0) is 15.0. The average Bonchev–Trinajstić information content (AvgIpc) is 3.30. The lowest BCUT2D eigenvalue weighted by atomic mass is 10.1. The van der Waals surface area contributed by atoms with Crippen molar-refractivity contribution >= 4 is 34.3 Å². The first-order valence-electron chi connectivity index (χ1n) is 6.61. The predicted molar refractivity (Wildman–Crippen MR) is 77.4 cm³/mol. The van der Waals surface area contributed by atoms with E-state index in [9.17, 15) is 14.7 Å². The van der Waals surface area contributed by atoms with Gasteiger partial charge in [0.05, 0.1) is 5.56 Å². The second-order valence-electron chi connectivity index (χ2n) is 4.95. The van der Waals surface area contributed by atoms with Crippen molar-refractivity contribution in [3.8, 4) is 0 Å². The molecule has 21 heavy (non-hydrogen) atoms. The lowest BCUT2D eigenvalue weighted by Gasteiger charge is -2.09. The first-order chi connectivity index (χ1) is 10.1. The molecule has 1 saturated carbocycles. The molecule has 0 aliphatic heterocycles. The fourth-order valence-electron chi connectivity index (χ4n) is 2.15. The number of nitrogens with one attached hydrogen (secondary N) is 2. The van der Waals surface area contributed by atoms with Gasteiger partial charge >= 0.3 is 5.97 Å². The topological polar surface area (TPSA) is 104 Å². The fraction of sp³-hybridized carbons (Fsp3) is 0.286. The lowest BCUT2D eigenvalue weighted by molar-refractivity contribution is -0.117. The number of pyridine rings is 2. The van der Waals surface area contributed by atoms with Gasteiger partial charge in [0, 0.05) is 36.1 Å². The fourth-order valence-corrected chi connectivity index (χ4v) is 2.15. The number of hydrogen-bond acceptors (Lipinski definition) is 5. The van der Waals surface area contributed by atoms with Crippen LogP contribution >= 0.6 is 0 Å². The Kier molecular flexibility index (Phi) is 3.17. The third-order valence-electron chi connectivity index (χ3n) is 3.44. The van der Waals surface area contributed by atoms with Crippen molar-refractivity contribution in [2.24, 2.45) is 5.92 Å². The summed E-state index contributed by atoms with van der Waals surface area (Å²) in [5.41, 5.74) is 0.0771. The van der Waals surface area contributed by atoms with Gasteiger partial charge in [-0.15, -0.1) is 0 Å². The van der Waals surface area contributed by atoms with Gasteiger partial charge in [0.1, 0.15) is 11.6 Å². The Morgan fingerprint density at radius 3 is 2.62 bits per heavy atom. The molecule has 2 heterocycles. The van der Waals surface area contributed by atoms with Crippen molar-refractivity contribution < 1.29 is 14.7 Å². The van der Waals surface area contributed by atoms with Gasteiger partial charge in [0.25, 0.3) is 0 Å². The van der Waals surface area contributed by atoms with Crippen LogP contribution in [0, 0.1) is 5.92 Å². The molecule has 0 bridgehead atoms. The second-order valence-corrected chi connectivity index (χ2v) is 4.95. The van der Waals surface area contributed by atoms with Crippen molar-refractivity contribution in [3.63, 3.8) is 0 Å². The third-order valence-corrected chi connectivity index (χ3v) is 3.44. The van der Waals surface area contributed by atoms with Crippen molar-refractivity contribution in [2.45, 2.75) is 12.8 Å². The largest absolute Gasteiger partial charge is 0.478 e. The Bertz CT molecular complexity index is 740. The molecule has 1 fully saturated rings. The van der Waals surface area contributed by atoms with Crippen LogP contribution in [0.3, 0.4) is 0 Å². The van der Waals surface area contributed by atoms with Crippen LogP contribution in [-0.2, 0) is 4.79 Å². The Labute approximate surface area is 120 Å². The molecule has 3 rings (SSSR count). The first kappa shape index (κ1) is 13.3. The van der Waals surface area contributed by atoms with E-state index in [-0.39, 0.29) is 17.4 Å². The number of carboxylic acid groups (broad SMARTS) is 1. The summed E-state index contributed by atoms with van der Waals surface area (Å²) in [6.45, 7) is 0. The maximum absolute atomic E-state index is 11.8. The van der Waals surface area contributed by atoms with Crippen LogP contribution in [0.1, 0.15) is 23.2 Å². The zero-order valence-corrected chi connectivity index (χ0v) is 11.4. The molecule has 2 aromatic rings. The van der Waals surface area contributed by atoms with E-state index in [0.717, 1.165) is 12.8 Å². The van der Waals surface area contributed by atoms with Crippen LogP contribution < -0.4 is 10.6 Å². The smallest absolute Gasteiger partial charge is 0.337 e. The van der Waals surface area contributed by atoms with Gasteiger partial charge in [-0.2, -0.15) is 0 Å². The minimum atomic E-state index is -1.07. The molecule has 3 N–H and O–H groups in total. The number of carbonyl (C=O) groups excluding carboxylic acids is 1. The monoisotopic (exact) mass is 286 g/mol. The average molecular weight is 286 g/mol. The number of aromatic nitrogens is 2. The molecule has 7 nitrogen and oxygen atoms in total. The Morgan fingerprint density at radius 1 is 1.24 bits per heavy atom. The Balaban J connectivity index is 2.07. The minimum absolute atomic E-state index is 0.0618. The van der Waals surface area contributed by atoms with Crippen LogP contribution in [0.2, 0.25) is 0 Å². The molecule has 1 aliphatic rings. The highest BCUT2D eigenvalue weighted by Gasteiger charge is 2.29. The van der Waals surface area contributed by atoms with Gasteiger partial charge in [0.15, 0.2) is 0 Å². The number of rotatable bonds is 4. The molecule has 0 aromatic carbocycles. The SMILES string of the molecule is CNc1ncc(C(=O)O)c2cc(NC(=O)C3CC3)ncc12. The summed E-state index contributed by atoms with van der Waals surface area (Å²) in [5, 5.41) is 15.9. The van der Waals surface area contributed by atoms with E-state index in [1.54, 1.807) is 13.1 Å². The highest BCUT2D eigenvalue weighted by molar-refractivity contribution is 6.07. The maximum Gasteiger partial charge on any atom is 0.337 e. The normalized spacial score (nSPS) is 14.0. The van der Waals surface area contributed by atoms with Gasteiger partial charge in [-0.25, -0.2) is 14.8 Å². The van der Waals surface area contributed by atoms with Crippen molar-refractivity contribution in [1.82, 2.24) is 9.97 Å². The van der Waals surface area contributed by atoms with E-state index in [4.69, 9.17) is 0 Å². The molecule has 108 valence electrons. The van der Waals surface area contributed by atoms with E-state index >= 15 is 0 Å². The summed E-state index contributed by atoms with van der Waals surface area (Å²) in [7, 11) is 1.70.